The lowest BCUT2D eigenvalue weighted by Gasteiger charge is -2.08. The Hall–Kier alpha value is -1.74. The first-order valence-corrected chi connectivity index (χ1v) is 4.86. The Kier molecular flexibility index (Phi) is 2.74. The average molecular weight is 220 g/mol. The minimum atomic E-state index is 0.434. The SMILES string of the molecule is Nc1ncc(Cl)cc1Nc1ccccc1. The Balaban J connectivity index is 2.28. The summed E-state index contributed by atoms with van der Waals surface area (Å²) in [6.07, 6.45) is 1.52. The number of nitrogens with zero attached hydrogens (tertiary/aromatic N) is 1. The zero-order chi connectivity index (χ0) is 10.7. The summed E-state index contributed by atoms with van der Waals surface area (Å²) in [6, 6.07) is 11.5. The molecule has 1 heterocycles. The maximum absolute atomic E-state index is 5.82. The standard InChI is InChI=1S/C11H10ClN3/c12-8-6-10(11(13)14-7-8)15-9-4-2-1-3-5-9/h1-7,15H,(H2,13,14). The molecule has 76 valence electrons. The summed E-state index contributed by atoms with van der Waals surface area (Å²) in [5, 5.41) is 3.70. The van der Waals surface area contributed by atoms with Gasteiger partial charge in [0.05, 0.1) is 10.7 Å². The van der Waals surface area contributed by atoms with Gasteiger partial charge in [-0.3, -0.25) is 0 Å². The fourth-order valence-electron chi connectivity index (χ4n) is 1.23. The van der Waals surface area contributed by atoms with Crippen molar-refractivity contribution in [3.63, 3.8) is 0 Å². The van der Waals surface area contributed by atoms with E-state index in [1.165, 1.54) is 6.20 Å². The molecule has 0 aliphatic rings. The van der Waals surface area contributed by atoms with E-state index in [1.807, 2.05) is 30.3 Å². The first-order valence-electron chi connectivity index (χ1n) is 4.49. The van der Waals surface area contributed by atoms with Gasteiger partial charge in [-0.25, -0.2) is 4.98 Å². The van der Waals surface area contributed by atoms with E-state index in [0.29, 0.717) is 16.5 Å². The van der Waals surface area contributed by atoms with Gasteiger partial charge in [0.2, 0.25) is 0 Å². The largest absolute Gasteiger partial charge is 0.382 e. The third kappa shape index (κ3) is 2.39. The van der Waals surface area contributed by atoms with Crippen LogP contribution in [0, 0.1) is 0 Å². The number of rotatable bonds is 2. The number of hydrogen-bond donors (Lipinski definition) is 2. The maximum atomic E-state index is 5.82. The predicted octanol–water partition coefficient (Wildman–Crippen LogP) is 3.06. The van der Waals surface area contributed by atoms with Gasteiger partial charge in [-0.1, -0.05) is 29.8 Å². The summed E-state index contributed by atoms with van der Waals surface area (Å²) >= 11 is 5.82. The van der Waals surface area contributed by atoms with Crippen molar-refractivity contribution < 1.29 is 0 Å². The predicted molar refractivity (Wildman–Crippen MR) is 63.4 cm³/mol. The monoisotopic (exact) mass is 219 g/mol. The van der Waals surface area contributed by atoms with Crippen LogP contribution in [0.15, 0.2) is 42.6 Å². The Morgan fingerprint density at radius 1 is 1.20 bits per heavy atom. The molecular formula is C11H10ClN3. The Labute approximate surface area is 92.9 Å². The molecule has 15 heavy (non-hydrogen) atoms. The smallest absolute Gasteiger partial charge is 0.147 e. The first kappa shape index (κ1) is 9.80. The number of halogens is 1. The van der Waals surface area contributed by atoms with Gasteiger partial charge >= 0.3 is 0 Å². The number of nitrogens with two attached hydrogens (primary N) is 1. The Bertz CT molecular complexity index is 457. The minimum Gasteiger partial charge on any atom is -0.382 e. The summed E-state index contributed by atoms with van der Waals surface area (Å²) < 4.78 is 0. The summed E-state index contributed by atoms with van der Waals surface area (Å²) in [7, 11) is 0. The summed E-state index contributed by atoms with van der Waals surface area (Å²) in [5.41, 5.74) is 7.37. The fourth-order valence-corrected chi connectivity index (χ4v) is 1.38. The molecule has 1 aromatic heterocycles. The number of anilines is 3. The molecule has 2 aromatic rings. The highest BCUT2D eigenvalue weighted by Crippen LogP contribution is 2.23. The molecule has 0 bridgehead atoms. The van der Waals surface area contributed by atoms with E-state index in [0.717, 1.165) is 5.69 Å². The van der Waals surface area contributed by atoms with Crippen LogP contribution in [-0.2, 0) is 0 Å². The maximum Gasteiger partial charge on any atom is 0.147 e. The number of nitrogen functional groups attached to an aromatic ring is 1. The first-order chi connectivity index (χ1) is 7.25. The van der Waals surface area contributed by atoms with Crippen LogP contribution in [0.25, 0.3) is 0 Å². The molecular weight excluding hydrogens is 210 g/mol. The zero-order valence-electron chi connectivity index (χ0n) is 7.94. The van der Waals surface area contributed by atoms with Crippen LogP contribution in [-0.4, -0.2) is 4.98 Å². The molecule has 0 radical (unpaired) electrons. The lowest BCUT2D eigenvalue weighted by atomic mass is 10.3. The fraction of sp³-hybridized carbons (Fsp3) is 0. The van der Waals surface area contributed by atoms with Crippen molar-refractivity contribution in [3.05, 3.63) is 47.6 Å². The second-order valence-electron chi connectivity index (χ2n) is 3.08. The minimum absolute atomic E-state index is 0.434. The van der Waals surface area contributed by atoms with Crippen molar-refractivity contribution in [1.82, 2.24) is 4.98 Å². The normalized spacial score (nSPS) is 9.93. The molecule has 3 nitrogen and oxygen atoms in total. The third-order valence-corrected chi connectivity index (χ3v) is 2.14. The highest BCUT2D eigenvalue weighted by molar-refractivity contribution is 6.30. The Morgan fingerprint density at radius 3 is 2.67 bits per heavy atom. The topological polar surface area (TPSA) is 50.9 Å². The molecule has 0 aliphatic carbocycles. The Morgan fingerprint density at radius 2 is 1.93 bits per heavy atom. The molecule has 0 spiro atoms. The van der Waals surface area contributed by atoms with Crippen molar-refractivity contribution in [1.29, 1.82) is 0 Å². The average Bonchev–Trinajstić information content (AvgIpc) is 2.25. The molecule has 2 rings (SSSR count). The van der Waals surface area contributed by atoms with E-state index in [4.69, 9.17) is 17.3 Å². The highest BCUT2D eigenvalue weighted by Gasteiger charge is 2.01. The van der Waals surface area contributed by atoms with Crippen molar-refractivity contribution in [2.24, 2.45) is 0 Å². The van der Waals surface area contributed by atoms with E-state index in [1.54, 1.807) is 6.07 Å². The second-order valence-corrected chi connectivity index (χ2v) is 3.51. The van der Waals surface area contributed by atoms with Gasteiger partial charge in [0.15, 0.2) is 0 Å². The summed E-state index contributed by atoms with van der Waals surface area (Å²) in [5.74, 6) is 0.434. The second kappa shape index (κ2) is 4.19. The van der Waals surface area contributed by atoms with Gasteiger partial charge in [0.1, 0.15) is 5.82 Å². The van der Waals surface area contributed by atoms with E-state index < -0.39 is 0 Å². The van der Waals surface area contributed by atoms with E-state index in [9.17, 15) is 0 Å². The van der Waals surface area contributed by atoms with Crippen molar-refractivity contribution in [2.75, 3.05) is 11.1 Å². The molecule has 0 unspecified atom stereocenters. The molecule has 0 amide bonds. The molecule has 3 N–H and O–H groups in total. The molecule has 1 aromatic carbocycles. The molecule has 0 saturated heterocycles. The molecule has 0 aliphatic heterocycles. The molecule has 0 fully saturated rings. The molecule has 4 heteroatoms. The zero-order valence-corrected chi connectivity index (χ0v) is 8.70. The number of aromatic nitrogens is 1. The quantitative estimate of drug-likeness (QED) is 0.816. The van der Waals surface area contributed by atoms with Crippen LogP contribution >= 0.6 is 11.6 Å². The lowest BCUT2D eigenvalue weighted by molar-refractivity contribution is 1.33. The van der Waals surface area contributed by atoms with Gasteiger partial charge < -0.3 is 11.1 Å². The van der Waals surface area contributed by atoms with E-state index >= 15 is 0 Å². The third-order valence-electron chi connectivity index (χ3n) is 1.94. The van der Waals surface area contributed by atoms with E-state index in [-0.39, 0.29) is 0 Å². The van der Waals surface area contributed by atoms with Gasteiger partial charge in [-0.15, -0.1) is 0 Å². The van der Waals surface area contributed by atoms with Crippen LogP contribution in [0.3, 0.4) is 0 Å². The van der Waals surface area contributed by atoms with Gasteiger partial charge in [-0.05, 0) is 18.2 Å². The van der Waals surface area contributed by atoms with Crippen molar-refractivity contribution in [2.45, 2.75) is 0 Å². The van der Waals surface area contributed by atoms with Crippen molar-refractivity contribution >= 4 is 28.8 Å². The summed E-state index contributed by atoms with van der Waals surface area (Å²) in [4.78, 5) is 3.96. The lowest BCUT2D eigenvalue weighted by Crippen LogP contribution is -1.98. The van der Waals surface area contributed by atoms with Gasteiger partial charge in [0, 0.05) is 11.9 Å². The molecule has 0 atom stereocenters. The summed E-state index contributed by atoms with van der Waals surface area (Å²) in [6.45, 7) is 0. The number of nitrogens with one attached hydrogen (secondary N) is 1. The van der Waals surface area contributed by atoms with Gasteiger partial charge in [0.25, 0.3) is 0 Å². The number of pyridine rings is 1. The number of benzene rings is 1. The number of hydrogen-bond acceptors (Lipinski definition) is 3. The van der Waals surface area contributed by atoms with Crippen molar-refractivity contribution in [3.8, 4) is 0 Å². The van der Waals surface area contributed by atoms with E-state index in [2.05, 4.69) is 10.3 Å². The van der Waals surface area contributed by atoms with Gasteiger partial charge in [-0.2, -0.15) is 0 Å². The van der Waals surface area contributed by atoms with Crippen LogP contribution < -0.4 is 11.1 Å². The highest BCUT2D eigenvalue weighted by atomic mass is 35.5. The molecule has 0 saturated carbocycles. The van der Waals surface area contributed by atoms with Crippen LogP contribution in [0.1, 0.15) is 0 Å². The van der Waals surface area contributed by atoms with Crippen LogP contribution in [0.2, 0.25) is 5.02 Å². The van der Waals surface area contributed by atoms with Crippen LogP contribution in [0.4, 0.5) is 17.2 Å². The number of para-hydroxylation sites is 1. The van der Waals surface area contributed by atoms with Crippen LogP contribution in [0.5, 0.6) is 0 Å².